The van der Waals surface area contributed by atoms with Gasteiger partial charge in [-0.2, -0.15) is 0 Å². The van der Waals surface area contributed by atoms with Crippen LogP contribution in [0.3, 0.4) is 0 Å². The van der Waals surface area contributed by atoms with E-state index < -0.39 is 0 Å². The summed E-state index contributed by atoms with van der Waals surface area (Å²) in [5, 5.41) is 0. The quantitative estimate of drug-likeness (QED) is 0.700. The summed E-state index contributed by atoms with van der Waals surface area (Å²) >= 11 is 0. The lowest BCUT2D eigenvalue weighted by atomic mass is 10.1. The molecule has 1 aliphatic rings. The van der Waals surface area contributed by atoms with Crippen LogP contribution < -0.4 is 10.5 Å². The van der Waals surface area contributed by atoms with Crippen LogP contribution in [0.15, 0.2) is 18.2 Å². The Balaban J connectivity index is 0.000000845. The summed E-state index contributed by atoms with van der Waals surface area (Å²) in [5.41, 5.74) is 6.68. The monoisotopic (exact) mass is 203 g/mol. The van der Waals surface area contributed by atoms with Crippen LogP contribution in [0.2, 0.25) is 0 Å². The van der Waals surface area contributed by atoms with Gasteiger partial charge in [0.1, 0.15) is 17.7 Å². The number of fused-ring (bicyclic) bond motifs is 1. The number of halogens is 2. The van der Waals surface area contributed by atoms with Gasteiger partial charge in [0.25, 0.3) is 0 Å². The largest absolute Gasteiger partial charge is 0.488 e. The second-order valence-electron chi connectivity index (χ2n) is 3.03. The fourth-order valence-electron chi connectivity index (χ4n) is 1.41. The SMILES string of the molecule is CC1Oc2cc(F)ccc2C1N.Cl. The predicted molar refractivity (Wildman–Crippen MR) is 50.7 cm³/mol. The third kappa shape index (κ3) is 1.62. The first kappa shape index (κ1) is 10.3. The number of ether oxygens (including phenoxy) is 1. The molecule has 0 radical (unpaired) electrons. The van der Waals surface area contributed by atoms with E-state index in [9.17, 15) is 4.39 Å². The number of hydrogen-bond donors (Lipinski definition) is 1. The van der Waals surface area contributed by atoms with Crippen molar-refractivity contribution in [1.82, 2.24) is 0 Å². The smallest absolute Gasteiger partial charge is 0.127 e. The molecule has 0 saturated carbocycles. The Bertz CT molecular complexity index is 318. The molecule has 0 spiro atoms. The molecule has 1 heterocycles. The summed E-state index contributed by atoms with van der Waals surface area (Å²) in [4.78, 5) is 0. The normalized spacial score (nSPS) is 24.5. The first-order valence-corrected chi connectivity index (χ1v) is 3.90. The van der Waals surface area contributed by atoms with E-state index in [0.717, 1.165) is 5.56 Å². The zero-order valence-electron chi connectivity index (χ0n) is 7.16. The minimum Gasteiger partial charge on any atom is -0.488 e. The lowest BCUT2D eigenvalue weighted by Crippen LogP contribution is -2.21. The van der Waals surface area contributed by atoms with Crippen molar-refractivity contribution >= 4 is 12.4 Å². The van der Waals surface area contributed by atoms with Crippen LogP contribution in [0.5, 0.6) is 5.75 Å². The molecule has 2 atom stereocenters. The molecular formula is C9H11ClFNO. The molecule has 1 aliphatic heterocycles. The summed E-state index contributed by atoms with van der Waals surface area (Å²) < 4.78 is 18.0. The predicted octanol–water partition coefficient (Wildman–Crippen LogP) is 2.03. The van der Waals surface area contributed by atoms with E-state index in [1.54, 1.807) is 6.07 Å². The van der Waals surface area contributed by atoms with E-state index in [1.807, 2.05) is 6.92 Å². The second kappa shape index (κ2) is 3.52. The second-order valence-corrected chi connectivity index (χ2v) is 3.03. The van der Waals surface area contributed by atoms with E-state index in [-0.39, 0.29) is 30.4 Å². The first-order chi connectivity index (χ1) is 5.68. The van der Waals surface area contributed by atoms with Crippen molar-refractivity contribution in [3.8, 4) is 5.75 Å². The average Bonchev–Trinajstić information content (AvgIpc) is 2.28. The highest BCUT2D eigenvalue weighted by Gasteiger charge is 2.27. The summed E-state index contributed by atoms with van der Waals surface area (Å²) in [5.74, 6) is 0.296. The maximum Gasteiger partial charge on any atom is 0.127 e. The highest BCUT2D eigenvalue weighted by atomic mass is 35.5. The minimum absolute atomic E-state index is 0. The molecule has 0 bridgehead atoms. The van der Waals surface area contributed by atoms with Crippen molar-refractivity contribution in [1.29, 1.82) is 0 Å². The molecule has 72 valence electrons. The van der Waals surface area contributed by atoms with Gasteiger partial charge in [0.2, 0.25) is 0 Å². The van der Waals surface area contributed by atoms with Crippen LogP contribution in [-0.2, 0) is 0 Å². The van der Waals surface area contributed by atoms with Gasteiger partial charge in [-0.3, -0.25) is 0 Å². The van der Waals surface area contributed by atoms with Gasteiger partial charge in [-0.05, 0) is 13.0 Å². The van der Waals surface area contributed by atoms with E-state index in [1.165, 1.54) is 12.1 Å². The van der Waals surface area contributed by atoms with Crippen LogP contribution >= 0.6 is 12.4 Å². The molecule has 2 nitrogen and oxygen atoms in total. The Morgan fingerprint density at radius 3 is 2.85 bits per heavy atom. The van der Waals surface area contributed by atoms with Crippen molar-refractivity contribution in [2.75, 3.05) is 0 Å². The molecular weight excluding hydrogens is 193 g/mol. The number of hydrogen-bond acceptors (Lipinski definition) is 2. The standard InChI is InChI=1S/C9H10FNO.ClH/c1-5-9(11)7-3-2-6(10)4-8(7)12-5;/h2-5,9H,11H2,1H3;1H. The number of nitrogens with two attached hydrogens (primary N) is 1. The van der Waals surface area contributed by atoms with E-state index >= 15 is 0 Å². The summed E-state index contributed by atoms with van der Waals surface area (Å²) in [6.07, 6.45) is -0.0539. The molecule has 0 fully saturated rings. The van der Waals surface area contributed by atoms with Gasteiger partial charge in [-0.15, -0.1) is 12.4 Å². The van der Waals surface area contributed by atoms with Gasteiger partial charge < -0.3 is 10.5 Å². The molecule has 1 aromatic rings. The van der Waals surface area contributed by atoms with Gasteiger partial charge in [-0.25, -0.2) is 4.39 Å². The topological polar surface area (TPSA) is 35.2 Å². The number of benzene rings is 1. The lowest BCUT2D eigenvalue weighted by Gasteiger charge is -2.07. The lowest BCUT2D eigenvalue weighted by molar-refractivity contribution is 0.228. The van der Waals surface area contributed by atoms with Crippen molar-refractivity contribution in [3.05, 3.63) is 29.6 Å². The van der Waals surface area contributed by atoms with Gasteiger partial charge in [0, 0.05) is 11.6 Å². The zero-order chi connectivity index (χ0) is 8.72. The van der Waals surface area contributed by atoms with Crippen LogP contribution in [-0.4, -0.2) is 6.10 Å². The van der Waals surface area contributed by atoms with Gasteiger partial charge in [-0.1, -0.05) is 6.07 Å². The molecule has 2 unspecified atom stereocenters. The van der Waals surface area contributed by atoms with Crippen molar-refractivity contribution < 1.29 is 9.13 Å². The van der Waals surface area contributed by atoms with Crippen LogP contribution in [0.25, 0.3) is 0 Å². The summed E-state index contributed by atoms with van der Waals surface area (Å²) in [7, 11) is 0. The number of rotatable bonds is 0. The minimum atomic E-state index is -0.282. The third-order valence-corrected chi connectivity index (χ3v) is 2.15. The molecule has 0 aliphatic carbocycles. The van der Waals surface area contributed by atoms with Crippen LogP contribution in [0, 0.1) is 5.82 Å². The van der Waals surface area contributed by atoms with Gasteiger partial charge in [0.05, 0.1) is 6.04 Å². The average molecular weight is 204 g/mol. The molecule has 0 aromatic heterocycles. The molecule has 1 aromatic carbocycles. The Morgan fingerprint density at radius 2 is 2.15 bits per heavy atom. The fraction of sp³-hybridized carbons (Fsp3) is 0.333. The Morgan fingerprint density at radius 1 is 1.46 bits per heavy atom. The molecule has 13 heavy (non-hydrogen) atoms. The highest BCUT2D eigenvalue weighted by Crippen LogP contribution is 2.34. The molecule has 0 saturated heterocycles. The maximum absolute atomic E-state index is 12.7. The maximum atomic E-state index is 12.7. The summed E-state index contributed by atoms with van der Waals surface area (Å²) in [6.45, 7) is 1.88. The van der Waals surface area contributed by atoms with Crippen molar-refractivity contribution in [2.24, 2.45) is 5.73 Å². The van der Waals surface area contributed by atoms with Crippen molar-refractivity contribution in [3.63, 3.8) is 0 Å². The highest BCUT2D eigenvalue weighted by molar-refractivity contribution is 5.85. The van der Waals surface area contributed by atoms with Crippen LogP contribution in [0.4, 0.5) is 4.39 Å². The van der Waals surface area contributed by atoms with Crippen molar-refractivity contribution in [2.45, 2.75) is 19.1 Å². The molecule has 4 heteroatoms. The Labute approximate surface area is 82.3 Å². The fourth-order valence-corrected chi connectivity index (χ4v) is 1.41. The summed E-state index contributed by atoms with van der Waals surface area (Å²) in [6, 6.07) is 4.33. The molecule has 0 amide bonds. The molecule has 2 rings (SSSR count). The van der Waals surface area contributed by atoms with E-state index in [2.05, 4.69) is 0 Å². The first-order valence-electron chi connectivity index (χ1n) is 3.90. The Hall–Kier alpha value is -0.800. The van der Waals surface area contributed by atoms with E-state index in [0.29, 0.717) is 5.75 Å². The zero-order valence-corrected chi connectivity index (χ0v) is 7.98. The van der Waals surface area contributed by atoms with Crippen LogP contribution in [0.1, 0.15) is 18.5 Å². The van der Waals surface area contributed by atoms with Gasteiger partial charge >= 0.3 is 0 Å². The third-order valence-electron chi connectivity index (χ3n) is 2.15. The molecule has 2 N–H and O–H groups in total. The van der Waals surface area contributed by atoms with E-state index in [4.69, 9.17) is 10.5 Å². The van der Waals surface area contributed by atoms with Gasteiger partial charge in [0.15, 0.2) is 0 Å². The Kier molecular flexibility index (Phi) is 2.78.